The molecule has 0 spiro atoms. The van der Waals surface area contributed by atoms with Crippen LogP contribution in [0.5, 0.6) is 5.75 Å². The Bertz CT molecular complexity index is 666. The zero-order valence-corrected chi connectivity index (χ0v) is 16.2. The van der Waals surface area contributed by atoms with Gasteiger partial charge in [0.25, 0.3) is 0 Å². The van der Waals surface area contributed by atoms with E-state index in [1.807, 2.05) is 0 Å². The number of pyridine rings is 1. The number of rotatable bonds is 7. The molecule has 1 aromatic heterocycles. The Morgan fingerprint density at radius 3 is 2.86 bits per heavy atom. The lowest BCUT2D eigenvalue weighted by Crippen LogP contribution is -2.62. The smallest absolute Gasteiger partial charge is 0.234 e. The number of alkyl halides is 1. The first-order valence-corrected chi connectivity index (χ1v) is 9.83. The molecule has 1 amide bonds. The zero-order valence-electron chi connectivity index (χ0n) is 15.4. The molecule has 3 atom stereocenters. The summed E-state index contributed by atoms with van der Waals surface area (Å²) in [5, 5.41) is 15.0. The number of piperidine rings is 1. The second-order valence-corrected chi connectivity index (χ2v) is 7.58. The maximum atomic E-state index is 12.9. The van der Waals surface area contributed by atoms with E-state index in [2.05, 4.69) is 31.4 Å². The third-order valence-electron chi connectivity index (χ3n) is 4.85. The van der Waals surface area contributed by atoms with Crippen LogP contribution in [0.3, 0.4) is 0 Å². The van der Waals surface area contributed by atoms with Gasteiger partial charge in [0.1, 0.15) is 23.5 Å². The second kappa shape index (κ2) is 10.1. The van der Waals surface area contributed by atoms with Crippen molar-refractivity contribution in [2.75, 3.05) is 31.5 Å². The number of aromatic nitrogens is 1. The molecule has 0 aromatic carbocycles. The Hall–Kier alpha value is -1.85. The molecule has 2 saturated heterocycles. The lowest BCUT2D eigenvalue weighted by Gasteiger charge is -2.34. The molecule has 2 unspecified atom stereocenters. The molecule has 10 nitrogen and oxygen atoms in total. The average Bonchev–Trinajstić information content (AvgIpc) is 2.71. The zero-order chi connectivity index (χ0) is 19.9. The highest BCUT2D eigenvalue weighted by molar-refractivity contribution is 6.21. The lowest BCUT2D eigenvalue weighted by atomic mass is 9.99. The van der Waals surface area contributed by atoms with Crippen molar-refractivity contribution in [3.05, 3.63) is 23.4 Å². The Morgan fingerprint density at radius 2 is 2.18 bits per heavy atom. The van der Waals surface area contributed by atoms with Gasteiger partial charge in [-0.3, -0.25) is 20.4 Å². The van der Waals surface area contributed by atoms with Crippen molar-refractivity contribution in [3.8, 4) is 5.75 Å². The van der Waals surface area contributed by atoms with Gasteiger partial charge in [0.05, 0.1) is 17.7 Å². The van der Waals surface area contributed by atoms with Gasteiger partial charge in [0, 0.05) is 31.9 Å². The van der Waals surface area contributed by atoms with Crippen molar-refractivity contribution < 1.29 is 9.53 Å². The minimum absolute atomic E-state index is 0.0174. The highest BCUT2D eigenvalue weighted by Crippen LogP contribution is 2.26. The van der Waals surface area contributed by atoms with Crippen LogP contribution in [0.1, 0.15) is 12.8 Å². The number of nitrogens with one attached hydrogen (secondary N) is 4. The van der Waals surface area contributed by atoms with Gasteiger partial charge in [0.15, 0.2) is 6.17 Å². The predicted octanol–water partition coefficient (Wildman–Crippen LogP) is -0.0554. The highest BCUT2D eigenvalue weighted by atomic mass is 35.5. The third-order valence-corrected chi connectivity index (χ3v) is 5.16. The van der Waals surface area contributed by atoms with Crippen LogP contribution in [-0.4, -0.2) is 60.9 Å². The lowest BCUT2D eigenvalue weighted by molar-refractivity contribution is -0.121. The average molecular weight is 412 g/mol. The molecule has 2 aliphatic heterocycles. The fourth-order valence-corrected chi connectivity index (χ4v) is 3.55. The number of ether oxygens (including phenoxy) is 1. The first kappa shape index (κ1) is 20.9. The molecule has 0 saturated carbocycles. The van der Waals surface area contributed by atoms with E-state index < -0.39 is 24.2 Å². The van der Waals surface area contributed by atoms with E-state index in [0.29, 0.717) is 24.5 Å². The van der Waals surface area contributed by atoms with Crippen molar-refractivity contribution in [2.24, 2.45) is 16.8 Å². The summed E-state index contributed by atoms with van der Waals surface area (Å²) in [6.45, 7) is 2.70. The molecule has 0 aliphatic carbocycles. The van der Waals surface area contributed by atoms with E-state index in [1.165, 1.54) is 6.20 Å². The van der Waals surface area contributed by atoms with Crippen LogP contribution in [0.4, 0.5) is 5.69 Å². The number of amides is 1. The monoisotopic (exact) mass is 411 g/mol. The summed E-state index contributed by atoms with van der Waals surface area (Å²) < 4.78 is 6.03. The molecule has 1 aromatic rings. The standard InChI is InChI=1S/C17H26ClN7O3/c18-10-6-22-16(23-7-10)14(15(19)25-27)17(26)24-12-9-21-5-3-13(12)28-11-2-1-4-20-8-11/h3,5,9-11,14-16,20,22-23H,1-2,4,6-8,19H2,(H,24,26)/t10?,11-,14?,15?,16?/m1/s1. The molecular formula is C17H26ClN7O3. The Morgan fingerprint density at radius 1 is 1.39 bits per heavy atom. The molecule has 0 bridgehead atoms. The van der Waals surface area contributed by atoms with Crippen LogP contribution in [0.2, 0.25) is 0 Å². The van der Waals surface area contributed by atoms with Gasteiger partial charge in [-0.15, -0.1) is 16.5 Å². The summed E-state index contributed by atoms with van der Waals surface area (Å²) in [4.78, 5) is 28.1. The van der Waals surface area contributed by atoms with Gasteiger partial charge in [-0.2, -0.15) is 0 Å². The summed E-state index contributed by atoms with van der Waals surface area (Å²) in [6, 6.07) is 1.70. The Kier molecular flexibility index (Phi) is 7.51. The third kappa shape index (κ3) is 5.36. The number of hydrogen-bond acceptors (Lipinski definition) is 9. The van der Waals surface area contributed by atoms with E-state index in [-0.39, 0.29) is 11.5 Å². The molecule has 3 rings (SSSR count). The first-order valence-electron chi connectivity index (χ1n) is 9.39. The summed E-state index contributed by atoms with van der Waals surface area (Å²) >= 11 is 6.05. The molecule has 6 N–H and O–H groups in total. The summed E-state index contributed by atoms with van der Waals surface area (Å²) in [5.41, 5.74) is 6.24. The fraction of sp³-hybridized carbons (Fsp3) is 0.647. The van der Waals surface area contributed by atoms with Crippen LogP contribution in [-0.2, 0) is 4.79 Å². The number of nitrogens with zero attached hydrogens (tertiary/aromatic N) is 2. The topological polar surface area (TPSA) is 143 Å². The fourth-order valence-electron chi connectivity index (χ4n) is 3.37. The second-order valence-electron chi connectivity index (χ2n) is 6.96. The summed E-state index contributed by atoms with van der Waals surface area (Å²) in [5.74, 6) is -0.857. The number of carbonyl (C=O) groups is 1. The van der Waals surface area contributed by atoms with Gasteiger partial charge >= 0.3 is 0 Å². The van der Waals surface area contributed by atoms with E-state index in [0.717, 1.165) is 25.9 Å². The SMILES string of the molecule is NC(N=O)C(C(=O)Nc1cnccc1O[C@@H]1CCCNC1)C1NCC(Cl)CN1. The van der Waals surface area contributed by atoms with Gasteiger partial charge < -0.3 is 21.1 Å². The summed E-state index contributed by atoms with van der Waals surface area (Å²) in [7, 11) is 0. The van der Waals surface area contributed by atoms with Crippen LogP contribution >= 0.6 is 11.6 Å². The molecule has 0 radical (unpaired) electrons. The quantitative estimate of drug-likeness (QED) is 0.310. The van der Waals surface area contributed by atoms with E-state index in [9.17, 15) is 9.70 Å². The molecule has 2 fully saturated rings. The van der Waals surface area contributed by atoms with Crippen molar-refractivity contribution in [3.63, 3.8) is 0 Å². The van der Waals surface area contributed by atoms with Crippen LogP contribution in [0.15, 0.2) is 23.6 Å². The van der Waals surface area contributed by atoms with E-state index >= 15 is 0 Å². The maximum Gasteiger partial charge on any atom is 0.234 e. The van der Waals surface area contributed by atoms with Gasteiger partial charge in [-0.25, -0.2) is 0 Å². The van der Waals surface area contributed by atoms with Gasteiger partial charge in [-0.05, 0) is 19.4 Å². The minimum Gasteiger partial charge on any atom is -0.487 e. The minimum atomic E-state index is -1.22. The summed E-state index contributed by atoms with van der Waals surface area (Å²) in [6.07, 6.45) is 3.34. The van der Waals surface area contributed by atoms with E-state index in [1.54, 1.807) is 12.3 Å². The van der Waals surface area contributed by atoms with Crippen molar-refractivity contribution in [1.29, 1.82) is 0 Å². The Balaban J connectivity index is 1.71. The first-order chi connectivity index (χ1) is 13.6. The molecule has 28 heavy (non-hydrogen) atoms. The molecule has 2 aliphatic rings. The van der Waals surface area contributed by atoms with Gasteiger partial charge in [-0.1, -0.05) is 5.18 Å². The maximum absolute atomic E-state index is 12.9. The number of nitroso groups, excluding NO2 is 1. The highest BCUT2D eigenvalue weighted by Gasteiger charge is 2.37. The number of nitrogens with two attached hydrogens (primary N) is 1. The number of carbonyl (C=O) groups excluding carboxylic acids is 1. The van der Waals surface area contributed by atoms with Crippen LogP contribution in [0.25, 0.3) is 0 Å². The van der Waals surface area contributed by atoms with Crippen LogP contribution in [0, 0.1) is 10.8 Å². The predicted molar refractivity (Wildman–Crippen MR) is 106 cm³/mol. The number of anilines is 1. The van der Waals surface area contributed by atoms with Crippen molar-refractivity contribution in [1.82, 2.24) is 20.9 Å². The number of halogens is 1. The van der Waals surface area contributed by atoms with Crippen LogP contribution < -0.4 is 31.7 Å². The molecule has 11 heteroatoms. The van der Waals surface area contributed by atoms with E-state index in [4.69, 9.17) is 22.1 Å². The normalized spacial score (nSPS) is 27.4. The molecular weight excluding hydrogens is 386 g/mol. The Labute approximate surface area is 168 Å². The van der Waals surface area contributed by atoms with Crippen molar-refractivity contribution >= 4 is 23.2 Å². The van der Waals surface area contributed by atoms with Gasteiger partial charge in [0.2, 0.25) is 5.91 Å². The molecule has 3 heterocycles. The molecule has 154 valence electrons. The van der Waals surface area contributed by atoms with Crippen molar-refractivity contribution in [2.45, 2.75) is 36.7 Å². The number of hydrogen-bond donors (Lipinski definition) is 5. The largest absolute Gasteiger partial charge is 0.487 e.